The van der Waals surface area contributed by atoms with Crippen molar-refractivity contribution >= 4 is 11.7 Å². The van der Waals surface area contributed by atoms with E-state index in [4.69, 9.17) is 0 Å². The Morgan fingerprint density at radius 3 is 2.76 bits per heavy atom. The molecule has 25 heavy (non-hydrogen) atoms. The van der Waals surface area contributed by atoms with Gasteiger partial charge in [0.05, 0.1) is 5.56 Å². The average molecular weight is 337 g/mol. The van der Waals surface area contributed by atoms with Crippen molar-refractivity contribution in [2.45, 2.75) is 25.7 Å². The molecule has 1 atom stereocenters. The van der Waals surface area contributed by atoms with Gasteiger partial charge in [-0.25, -0.2) is 4.98 Å². The number of hydrogen-bond acceptors (Lipinski definition) is 3. The molecule has 1 aromatic carbocycles. The molecule has 1 aromatic heterocycles. The second-order valence-corrected chi connectivity index (χ2v) is 7.05. The summed E-state index contributed by atoms with van der Waals surface area (Å²) in [5, 5.41) is 0. The van der Waals surface area contributed by atoms with Gasteiger partial charge in [-0.15, -0.1) is 0 Å². The molecule has 2 aromatic rings. The lowest BCUT2D eigenvalue weighted by atomic mass is 9.91. The Hall–Kier alpha value is -2.36. The molecule has 2 heterocycles. The third-order valence-electron chi connectivity index (χ3n) is 4.93. The van der Waals surface area contributed by atoms with Crippen LogP contribution in [-0.2, 0) is 6.42 Å². The molecule has 0 spiro atoms. The maximum atomic E-state index is 12.5. The molecule has 3 rings (SSSR count). The van der Waals surface area contributed by atoms with Gasteiger partial charge in [-0.1, -0.05) is 30.3 Å². The number of anilines is 1. The SMILES string of the molecule is CN(C)C(=O)c1cccnc1N1CCC[C@@H](CCc2ccccc2)C1. The first-order valence-corrected chi connectivity index (χ1v) is 9.10. The number of carbonyl (C=O) groups excluding carboxylic acids is 1. The molecule has 1 aliphatic heterocycles. The van der Waals surface area contributed by atoms with Crippen molar-refractivity contribution in [3.05, 3.63) is 59.8 Å². The van der Waals surface area contributed by atoms with E-state index in [9.17, 15) is 4.79 Å². The minimum Gasteiger partial charge on any atom is -0.356 e. The van der Waals surface area contributed by atoms with E-state index in [0.717, 1.165) is 31.7 Å². The van der Waals surface area contributed by atoms with E-state index in [1.165, 1.54) is 18.4 Å². The van der Waals surface area contributed by atoms with Crippen LogP contribution in [-0.4, -0.2) is 43.0 Å². The van der Waals surface area contributed by atoms with E-state index in [1.54, 1.807) is 25.2 Å². The summed E-state index contributed by atoms with van der Waals surface area (Å²) in [6.45, 7) is 1.96. The Morgan fingerprint density at radius 1 is 1.20 bits per heavy atom. The normalized spacial score (nSPS) is 17.4. The quantitative estimate of drug-likeness (QED) is 0.836. The minimum atomic E-state index is 0.0227. The second-order valence-electron chi connectivity index (χ2n) is 7.05. The van der Waals surface area contributed by atoms with E-state index in [0.29, 0.717) is 11.5 Å². The molecular formula is C21H27N3O. The number of pyridine rings is 1. The highest BCUT2D eigenvalue weighted by atomic mass is 16.2. The van der Waals surface area contributed by atoms with Gasteiger partial charge in [-0.3, -0.25) is 4.79 Å². The van der Waals surface area contributed by atoms with Crippen molar-refractivity contribution in [1.82, 2.24) is 9.88 Å². The Morgan fingerprint density at radius 2 is 2.00 bits per heavy atom. The molecule has 1 amide bonds. The van der Waals surface area contributed by atoms with Gasteiger partial charge < -0.3 is 9.80 Å². The Kier molecular flexibility index (Phi) is 5.69. The number of piperidine rings is 1. The molecule has 0 aliphatic carbocycles. The van der Waals surface area contributed by atoms with E-state index >= 15 is 0 Å². The molecule has 0 unspecified atom stereocenters. The van der Waals surface area contributed by atoms with E-state index < -0.39 is 0 Å². The van der Waals surface area contributed by atoms with Crippen LogP contribution in [0.5, 0.6) is 0 Å². The van der Waals surface area contributed by atoms with Crippen LogP contribution in [0.1, 0.15) is 35.2 Å². The topological polar surface area (TPSA) is 36.4 Å². The van der Waals surface area contributed by atoms with Gasteiger partial charge in [0, 0.05) is 33.4 Å². The van der Waals surface area contributed by atoms with Crippen LogP contribution in [0.15, 0.2) is 48.7 Å². The lowest BCUT2D eigenvalue weighted by Gasteiger charge is -2.34. The van der Waals surface area contributed by atoms with Crippen LogP contribution in [0.4, 0.5) is 5.82 Å². The zero-order valence-electron chi connectivity index (χ0n) is 15.2. The highest BCUT2D eigenvalue weighted by Crippen LogP contribution is 2.27. The lowest BCUT2D eigenvalue weighted by molar-refractivity contribution is 0.0827. The first-order valence-electron chi connectivity index (χ1n) is 9.10. The lowest BCUT2D eigenvalue weighted by Crippen LogP contribution is -2.37. The van der Waals surface area contributed by atoms with Gasteiger partial charge in [0.2, 0.25) is 0 Å². The predicted molar refractivity (Wildman–Crippen MR) is 102 cm³/mol. The average Bonchev–Trinajstić information content (AvgIpc) is 2.67. The van der Waals surface area contributed by atoms with Crippen LogP contribution in [0.2, 0.25) is 0 Å². The van der Waals surface area contributed by atoms with E-state index in [-0.39, 0.29) is 5.91 Å². The Bertz CT molecular complexity index is 699. The summed E-state index contributed by atoms with van der Waals surface area (Å²) in [6, 6.07) is 14.4. The number of aryl methyl sites for hydroxylation is 1. The zero-order chi connectivity index (χ0) is 17.6. The number of nitrogens with zero attached hydrogens (tertiary/aromatic N) is 3. The van der Waals surface area contributed by atoms with Crippen LogP contribution < -0.4 is 4.90 Å². The molecule has 132 valence electrons. The highest BCUT2D eigenvalue weighted by Gasteiger charge is 2.24. The van der Waals surface area contributed by atoms with Gasteiger partial charge in [-0.05, 0) is 49.3 Å². The fourth-order valence-corrected chi connectivity index (χ4v) is 3.57. The molecule has 4 nitrogen and oxygen atoms in total. The zero-order valence-corrected chi connectivity index (χ0v) is 15.2. The summed E-state index contributed by atoms with van der Waals surface area (Å²) in [7, 11) is 3.58. The fourth-order valence-electron chi connectivity index (χ4n) is 3.57. The third-order valence-corrected chi connectivity index (χ3v) is 4.93. The summed E-state index contributed by atoms with van der Waals surface area (Å²) in [4.78, 5) is 20.9. The fraction of sp³-hybridized carbons (Fsp3) is 0.429. The molecule has 1 aliphatic rings. The molecule has 0 radical (unpaired) electrons. The Labute approximate surface area is 150 Å². The predicted octanol–water partition coefficient (Wildman–Crippen LogP) is 3.63. The summed E-state index contributed by atoms with van der Waals surface area (Å²) >= 11 is 0. The van der Waals surface area contributed by atoms with Gasteiger partial charge >= 0.3 is 0 Å². The number of benzene rings is 1. The molecule has 1 fully saturated rings. The molecule has 0 saturated carbocycles. The highest BCUT2D eigenvalue weighted by molar-refractivity contribution is 5.98. The monoisotopic (exact) mass is 337 g/mol. The van der Waals surface area contributed by atoms with Crippen molar-refractivity contribution in [3.8, 4) is 0 Å². The number of aromatic nitrogens is 1. The van der Waals surface area contributed by atoms with Crippen LogP contribution in [0.25, 0.3) is 0 Å². The van der Waals surface area contributed by atoms with Crippen LogP contribution in [0, 0.1) is 5.92 Å². The van der Waals surface area contributed by atoms with Crippen molar-refractivity contribution in [2.24, 2.45) is 5.92 Å². The third kappa shape index (κ3) is 4.38. The number of hydrogen-bond donors (Lipinski definition) is 0. The molecule has 1 saturated heterocycles. The first-order chi connectivity index (χ1) is 12.1. The maximum Gasteiger partial charge on any atom is 0.257 e. The van der Waals surface area contributed by atoms with Crippen LogP contribution in [0.3, 0.4) is 0 Å². The number of rotatable bonds is 5. The smallest absolute Gasteiger partial charge is 0.257 e. The van der Waals surface area contributed by atoms with Crippen molar-refractivity contribution < 1.29 is 4.79 Å². The van der Waals surface area contributed by atoms with Gasteiger partial charge in [0.15, 0.2) is 0 Å². The van der Waals surface area contributed by atoms with E-state index in [1.807, 2.05) is 12.1 Å². The standard InChI is InChI=1S/C21H27N3O/c1-23(2)21(25)19-11-6-14-22-20(19)24-15-7-10-18(16-24)13-12-17-8-4-3-5-9-17/h3-6,8-9,11,14,18H,7,10,12-13,15-16H2,1-2H3/t18-/m0/s1. The minimum absolute atomic E-state index is 0.0227. The number of amides is 1. The van der Waals surface area contributed by atoms with E-state index in [2.05, 4.69) is 40.2 Å². The Balaban J connectivity index is 1.68. The molecule has 0 bridgehead atoms. The van der Waals surface area contributed by atoms with Gasteiger partial charge in [-0.2, -0.15) is 0 Å². The molecular weight excluding hydrogens is 310 g/mol. The number of carbonyl (C=O) groups is 1. The first kappa shape index (κ1) is 17.5. The maximum absolute atomic E-state index is 12.5. The summed E-state index contributed by atoms with van der Waals surface area (Å²) < 4.78 is 0. The largest absolute Gasteiger partial charge is 0.356 e. The summed E-state index contributed by atoms with van der Waals surface area (Å²) in [5.74, 6) is 1.51. The second kappa shape index (κ2) is 8.15. The van der Waals surface area contributed by atoms with Crippen molar-refractivity contribution in [3.63, 3.8) is 0 Å². The van der Waals surface area contributed by atoms with Crippen molar-refractivity contribution in [2.75, 3.05) is 32.1 Å². The molecule has 4 heteroatoms. The molecule has 0 N–H and O–H groups in total. The van der Waals surface area contributed by atoms with Crippen LogP contribution >= 0.6 is 0 Å². The summed E-state index contributed by atoms with van der Waals surface area (Å²) in [5.41, 5.74) is 2.11. The van der Waals surface area contributed by atoms with Gasteiger partial charge in [0.25, 0.3) is 5.91 Å². The van der Waals surface area contributed by atoms with Crippen molar-refractivity contribution in [1.29, 1.82) is 0 Å². The summed E-state index contributed by atoms with van der Waals surface area (Å²) in [6.07, 6.45) is 6.50. The van der Waals surface area contributed by atoms with Gasteiger partial charge in [0.1, 0.15) is 5.82 Å².